The van der Waals surface area contributed by atoms with Crippen LogP contribution >= 0.6 is 0 Å². The third kappa shape index (κ3) is 7.76. The molecule has 1 aliphatic heterocycles. The van der Waals surface area contributed by atoms with Crippen LogP contribution in [0.15, 0.2) is 36.9 Å². The molecule has 2 aliphatic rings. The lowest BCUT2D eigenvalue weighted by Gasteiger charge is -2.50. The van der Waals surface area contributed by atoms with Crippen molar-refractivity contribution < 1.29 is 45.2 Å². The molecule has 0 bridgehead atoms. The lowest BCUT2D eigenvalue weighted by Crippen LogP contribution is -2.69. The number of allylic oxidation sites excluding steroid dienone is 1. The summed E-state index contributed by atoms with van der Waals surface area (Å²) in [4.78, 5) is 0. The van der Waals surface area contributed by atoms with Gasteiger partial charge in [-0.3, -0.25) is 0 Å². The Hall–Kier alpha value is -1.56. The lowest BCUT2D eigenvalue weighted by molar-refractivity contribution is -0.333. The number of rotatable bonds is 14. The van der Waals surface area contributed by atoms with E-state index in [1.54, 1.807) is 18.2 Å². The standard InChI is InChI=1S/C29H46O9/c1-2-7-20-9-11-22(12-10-20)37-27-29(36,26(34)24(33)25(38-27)23(32)8-6-17-30)18-21(19-31)13-16-28(35)14-4-3-5-15-28/h2,9-12,21,23-27,30-36H,1,3-8,13-19H2. The van der Waals surface area contributed by atoms with E-state index in [1.165, 1.54) is 0 Å². The predicted octanol–water partition coefficient (Wildman–Crippen LogP) is 1.58. The van der Waals surface area contributed by atoms with Crippen LogP contribution in [0.1, 0.15) is 69.8 Å². The molecule has 1 aromatic carbocycles. The van der Waals surface area contributed by atoms with Gasteiger partial charge >= 0.3 is 0 Å². The molecule has 1 aromatic rings. The summed E-state index contributed by atoms with van der Waals surface area (Å²) in [5.41, 5.74) is -1.92. The van der Waals surface area contributed by atoms with Crippen molar-refractivity contribution in [2.45, 2.75) is 113 Å². The van der Waals surface area contributed by atoms with E-state index in [0.717, 1.165) is 24.8 Å². The second kappa shape index (κ2) is 14.2. The Balaban J connectivity index is 1.81. The highest BCUT2D eigenvalue weighted by atomic mass is 16.7. The van der Waals surface area contributed by atoms with Gasteiger partial charge in [-0.15, -0.1) is 6.58 Å². The fraction of sp³-hybridized carbons (Fsp3) is 0.724. The number of hydrogen-bond donors (Lipinski definition) is 7. The Kier molecular flexibility index (Phi) is 11.6. The topological polar surface area (TPSA) is 160 Å². The summed E-state index contributed by atoms with van der Waals surface area (Å²) in [5.74, 6) is -0.154. The van der Waals surface area contributed by atoms with Crippen molar-refractivity contribution in [3.63, 3.8) is 0 Å². The minimum Gasteiger partial charge on any atom is -0.462 e. The van der Waals surface area contributed by atoms with E-state index in [0.29, 0.717) is 37.9 Å². The van der Waals surface area contributed by atoms with Crippen molar-refractivity contribution in [1.82, 2.24) is 0 Å². The molecule has 7 atom stereocenters. The Labute approximate surface area is 225 Å². The van der Waals surface area contributed by atoms with Gasteiger partial charge in [0.05, 0.1) is 11.7 Å². The molecule has 1 saturated heterocycles. The molecule has 7 unspecified atom stereocenters. The Morgan fingerprint density at radius 3 is 2.34 bits per heavy atom. The van der Waals surface area contributed by atoms with Gasteiger partial charge in [-0.05, 0) is 75.0 Å². The quantitative estimate of drug-likeness (QED) is 0.175. The molecule has 38 heavy (non-hydrogen) atoms. The van der Waals surface area contributed by atoms with Crippen LogP contribution < -0.4 is 4.74 Å². The van der Waals surface area contributed by atoms with E-state index in [2.05, 4.69) is 6.58 Å². The number of benzene rings is 1. The lowest BCUT2D eigenvalue weighted by atomic mass is 9.75. The van der Waals surface area contributed by atoms with Crippen molar-refractivity contribution in [2.24, 2.45) is 5.92 Å². The molecule has 1 aliphatic carbocycles. The van der Waals surface area contributed by atoms with Gasteiger partial charge in [0.25, 0.3) is 0 Å². The van der Waals surface area contributed by atoms with Gasteiger partial charge in [0, 0.05) is 13.2 Å². The second-order valence-electron chi connectivity index (χ2n) is 11.1. The molecule has 2 fully saturated rings. The van der Waals surface area contributed by atoms with Crippen LogP contribution in [0.5, 0.6) is 5.75 Å². The highest BCUT2D eigenvalue weighted by Gasteiger charge is 2.58. The molecule has 1 saturated carbocycles. The molecule has 7 N–H and O–H groups in total. The normalized spacial score (nSPS) is 30.9. The number of hydrogen-bond acceptors (Lipinski definition) is 9. The van der Waals surface area contributed by atoms with Crippen molar-refractivity contribution in [3.8, 4) is 5.75 Å². The number of aliphatic hydroxyl groups is 7. The summed E-state index contributed by atoms with van der Waals surface area (Å²) < 4.78 is 11.9. The van der Waals surface area contributed by atoms with Crippen molar-refractivity contribution in [2.75, 3.05) is 13.2 Å². The van der Waals surface area contributed by atoms with Crippen LogP contribution in [-0.2, 0) is 11.2 Å². The van der Waals surface area contributed by atoms with E-state index in [-0.39, 0.29) is 32.5 Å². The maximum Gasteiger partial charge on any atom is 0.232 e. The summed E-state index contributed by atoms with van der Waals surface area (Å²) in [6.07, 6.45) is 0.564. The van der Waals surface area contributed by atoms with Crippen LogP contribution in [0.4, 0.5) is 0 Å². The van der Waals surface area contributed by atoms with Crippen LogP contribution in [0.25, 0.3) is 0 Å². The van der Waals surface area contributed by atoms with Gasteiger partial charge in [0.1, 0.15) is 24.1 Å². The number of ether oxygens (including phenoxy) is 2. The maximum absolute atomic E-state index is 11.8. The average Bonchev–Trinajstić information content (AvgIpc) is 2.91. The van der Waals surface area contributed by atoms with E-state index >= 15 is 0 Å². The fourth-order valence-corrected chi connectivity index (χ4v) is 5.73. The molecule has 3 rings (SSSR count). The maximum atomic E-state index is 11.8. The van der Waals surface area contributed by atoms with E-state index in [4.69, 9.17) is 14.6 Å². The largest absolute Gasteiger partial charge is 0.462 e. The summed E-state index contributed by atoms with van der Waals surface area (Å²) >= 11 is 0. The van der Waals surface area contributed by atoms with Crippen molar-refractivity contribution in [3.05, 3.63) is 42.5 Å². The van der Waals surface area contributed by atoms with Gasteiger partial charge < -0.3 is 45.2 Å². The molecule has 0 aromatic heterocycles. The molecule has 0 amide bonds. The zero-order valence-corrected chi connectivity index (χ0v) is 22.2. The van der Waals surface area contributed by atoms with Crippen LogP contribution in [0, 0.1) is 5.92 Å². The molecular weight excluding hydrogens is 492 g/mol. The Bertz CT molecular complexity index is 841. The van der Waals surface area contributed by atoms with Crippen molar-refractivity contribution in [1.29, 1.82) is 0 Å². The minimum atomic E-state index is -2.12. The van der Waals surface area contributed by atoms with Gasteiger partial charge in [-0.1, -0.05) is 37.5 Å². The van der Waals surface area contributed by atoms with Crippen LogP contribution in [0.3, 0.4) is 0 Å². The average molecular weight is 539 g/mol. The molecule has 0 spiro atoms. The van der Waals surface area contributed by atoms with Crippen molar-refractivity contribution >= 4 is 0 Å². The van der Waals surface area contributed by atoms with E-state index in [1.807, 2.05) is 12.1 Å². The second-order valence-corrected chi connectivity index (χ2v) is 11.1. The third-order valence-electron chi connectivity index (χ3n) is 8.12. The first-order valence-electron chi connectivity index (χ1n) is 13.9. The third-order valence-corrected chi connectivity index (χ3v) is 8.12. The zero-order valence-electron chi connectivity index (χ0n) is 22.2. The monoisotopic (exact) mass is 538 g/mol. The summed E-state index contributed by atoms with van der Waals surface area (Å²) in [6.45, 7) is 3.27. The Morgan fingerprint density at radius 1 is 1.05 bits per heavy atom. The van der Waals surface area contributed by atoms with E-state index < -0.39 is 47.8 Å². The zero-order chi connectivity index (χ0) is 27.8. The highest BCUT2D eigenvalue weighted by molar-refractivity contribution is 5.28. The smallest absolute Gasteiger partial charge is 0.232 e. The Morgan fingerprint density at radius 2 is 1.74 bits per heavy atom. The molecule has 9 nitrogen and oxygen atoms in total. The van der Waals surface area contributed by atoms with Gasteiger partial charge in [0.15, 0.2) is 5.60 Å². The summed E-state index contributed by atoms with van der Waals surface area (Å²) in [6, 6.07) is 7.05. The molecule has 216 valence electrons. The van der Waals surface area contributed by atoms with Crippen LogP contribution in [0.2, 0.25) is 0 Å². The van der Waals surface area contributed by atoms with Gasteiger partial charge in [0.2, 0.25) is 6.29 Å². The first kappa shape index (κ1) is 31.0. The summed E-state index contributed by atoms with van der Waals surface area (Å²) in [7, 11) is 0. The first-order valence-corrected chi connectivity index (χ1v) is 13.9. The fourth-order valence-electron chi connectivity index (χ4n) is 5.73. The van der Waals surface area contributed by atoms with Crippen LogP contribution in [-0.4, -0.2) is 90.9 Å². The molecule has 9 heteroatoms. The number of aliphatic hydroxyl groups excluding tert-OH is 5. The van der Waals surface area contributed by atoms with Gasteiger partial charge in [-0.2, -0.15) is 0 Å². The van der Waals surface area contributed by atoms with Gasteiger partial charge in [-0.25, -0.2) is 0 Å². The highest BCUT2D eigenvalue weighted by Crippen LogP contribution is 2.40. The predicted molar refractivity (Wildman–Crippen MR) is 141 cm³/mol. The molecule has 1 heterocycles. The molecule has 0 radical (unpaired) electrons. The SMILES string of the molecule is C=CCc1ccc(OC2OC(C(O)CCCO)C(O)C(O)C2(O)CC(CO)CCC2(O)CCCCC2)cc1. The van der Waals surface area contributed by atoms with E-state index in [9.17, 15) is 30.6 Å². The first-order chi connectivity index (χ1) is 18.2. The minimum absolute atomic E-state index is 0.115. The molecular formula is C29H46O9. The summed E-state index contributed by atoms with van der Waals surface area (Å²) in [5, 5.41) is 74.6.